The van der Waals surface area contributed by atoms with Crippen LogP contribution >= 0.6 is 28.1 Å². The van der Waals surface area contributed by atoms with E-state index in [4.69, 9.17) is 12.2 Å². The van der Waals surface area contributed by atoms with Crippen LogP contribution in [0.5, 0.6) is 0 Å². The lowest BCUT2D eigenvalue weighted by molar-refractivity contribution is -0.384. The fraction of sp³-hybridized carbons (Fsp3) is 0. The number of aromatic nitrogens is 3. The lowest BCUT2D eigenvalue weighted by Gasteiger charge is -2.01. The first-order valence-electron chi connectivity index (χ1n) is 6.77. The van der Waals surface area contributed by atoms with Crippen molar-refractivity contribution in [1.82, 2.24) is 14.9 Å². The van der Waals surface area contributed by atoms with E-state index in [2.05, 4.69) is 31.2 Å². The number of nitro benzene ring substituents is 1. The second-order valence-corrected chi connectivity index (χ2v) is 6.07. The van der Waals surface area contributed by atoms with Crippen molar-refractivity contribution >= 4 is 40.0 Å². The average molecular weight is 404 g/mol. The molecule has 9 heteroatoms. The maximum absolute atomic E-state index is 10.7. The Morgan fingerprint density at radius 3 is 2.50 bits per heavy atom. The Labute approximate surface area is 149 Å². The van der Waals surface area contributed by atoms with Crippen LogP contribution in [0.25, 0.3) is 11.4 Å². The molecule has 0 aliphatic carbocycles. The number of non-ortho nitro benzene ring substituents is 1. The van der Waals surface area contributed by atoms with Crippen LogP contribution in [0, 0.1) is 14.9 Å². The molecule has 2 aromatic carbocycles. The minimum Gasteiger partial charge on any atom is -0.258 e. The van der Waals surface area contributed by atoms with Crippen LogP contribution in [-0.2, 0) is 0 Å². The molecule has 7 nitrogen and oxygen atoms in total. The molecule has 24 heavy (non-hydrogen) atoms. The van der Waals surface area contributed by atoms with E-state index in [0.29, 0.717) is 16.2 Å². The first-order chi connectivity index (χ1) is 11.5. The maximum atomic E-state index is 10.7. The van der Waals surface area contributed by atoms with Crippen molar-refractivity contribution in [2.24, 2.45) is 5.10 Å². The van der Waals surface area contributed by atoms with Gasteiger partial charge < -0.3 is 0 Å². The Hall–Kier alpha value is -2.65. The fourth-order valence-electron chi connectivity index (χ4n) is 1.99. The van der Waals surface area contributed by atoms with E-state index < -0.39 is 4.92 Å². The van der Waals surface area contributed by atoms with Crippen LogP contribution in [-0.4, -0.2) is 26.0 Å². The summed E-state index contributed by atoms with van der Waals surface area (Å²) in [4.78, 5) is 10.2. The fourth-order valence-corrected chi connectivity index (χ4v) is 2.43. The highest BCUT2D eigenvalue weighted by atomic mass is 79.9. The lowest BCUT2D eigenvalue weighted by atomic mass is 10.2. The highest BCUT2D eigenvalue weighted by molar-refractivity contribution is 9.10. The molecule has 0 radical (unpaired) electrons. The number of nitrogens with zero attached hydrogens (tertiary/aromatic N) is 4. The largest absolute Gasteiger partial charge is 0.269 e. The molecule has 0 saturated heterocycles. The number of hydrogen-bond acceptors (Lipinski definition) is 5. The summed E-state index contributed by atoms with van der Waals surface area (Å²) in [5, 5.41) is 21.9. The van der Waals surface area contributed by atoms with Crippen LogP contribution in [0.15, 0.2) is 58.1 Å². The second kappa shape index (κ2) is 6.85. The van der Waals surface area contributed by atoms with Gasteiger partial charge in [0, 0.05) is 22.2 Å². The molecule has 1 aromatic heterocycles. The van der Waals surface area contributed by atoms with E-state index in [-0.39, 0.29) is 5.69 Å². The maximum Gasteiger partial charge on any atom is 0.269 e. The summed E-state index contributed by atoms with van der Waals surface area (Å²) in [6.45, 7) is 0. The summed E-state index contributed by atoms with van der Waals surface area (Å²) < 4.78 is 2.81. The predicted octanol–water partition coefficient (Wildman–Crippen LogP) is 4.16. The second-order valence-electron chi connectivity index (χ2n) is 4.76. The van der Waals surface area contributed by atoms with Crippen molar-refractivity contribution in [3.05, 3.63) is 73.5 Å². The van der Waals surface area contributed by atoms with Gasteiger partial charge in [-0.2, -0.15) is 14.9 Å². The molecule has 0 aliphatic rings. The molecule has 0 atom stereocenters. The predicted molar refractivity (Wildman–Crippen MR) is 96.6 cm³/mol. The molecular formula is C15H10BrN5O2S. The number of H-pyrrole nitrogens is 1. The van der Waals surface area contributed by atoms with Crippen molar-refractivity contribution in [1.29, 1.82) is 0 Å². The Morgan fingerprint density at radius 2 is 1.88 bits per heavy atom. The van der Waals surface area contributed by atoms with Crippen LogP contribution in [0.4, 0.5) is 5.69 Å². The summed E-state index contributed by atoms with van der Waals surface area (Å²) >= 11 is 8.59. The van der Waals surface area contributed by atoms with E-state index in [1.54, 1.807) is 18.3 Å². The number of nitrogens with one attached hydrogen (secondary N) is 1. The third-order valence-corrected chi connectivity index (χ3v) is 3.97. The number of rotatable bonds is 4. The minimum absolute atomic E-state index is 0.0302. The van der Waals surface area contributed by atoms with E-state index in [0.717, 1.165) is 10.0 Å². The van der Waals surface area contributed by atoms with Crippen LogP contribution in [0.1, 0.15) is 5.56 Å². The molecule has 0 unspecified atom stereocenters. The zero-order valence-electron chi connectivity index (χ0n) is 12.1. The van der Waals surface area contributed by atoms with Gasteiger partial charge in [0.2, 0.25) is 4.77 Å². The van der Waals surface area contributed by atoms with Crippen molar-refractivity contribution in [3.63, 3.8) is 0 Å². The van der Waals surface area contributed by atoms with E-state index in [9.17, 15) is 10.1 Å². The average Bonchev–Trinajstić information content (AvgIpc) is 2.95. The van der Waals surface area contributed by atoms with Gasteiger partial charge in [0.1, 0.15) is 0 Å². The van der Waals surface area contributed by atoms with Gasteiger partial charge in [0.05, 0.1) is 11.1 Å². The van der Waals surface area contributed by atoms with Gasteiger partial charge in [-0.1, -0.05) is 28.1 Å². The van der Waals surface area contributed by atoms with Gasteiger partial charge in [0.15, 0.2) is 5.82 Å². The van der Waals surface area contributed by atoms with Crippen molar-refractivity contribution in [2.45, 2.75) is 0 Å². The first kappa shape index (κ1) is 16.2. The monoisotopic (exact) mass is 403 g/mol. The van der Waals surface area contributed by atoms with Crippen LogP contribution < -0.4 is 0 Å². The Kier molecular flexibility index (Phi) is 4.63. The van der Waals surface area contributed by atoms with Crippen molar-refractivity contribution < 1.29 is 4.92 Å². The third-order valence-electron chi connectivity index (χ3n) is 3.18. The summed E-state index contributed by atoms with van der Waals surface area (Å²) in [6.07, 6.45) is 1.57. The number of halogens is 1. The van der Waals surface area contributed by atoms with E-state index in [1.165, 1.54) is 16.8 Å². The molecule has 0 spiro atoms. The zero-order valence-corrected chi connectivity index (χ0v) is 14.5. The summed E-state index contributed by atoms with van der Waals surface area (Å²) in [5.74, 6) is 0.575. The summed E-state index contributed by atoms with van der Waals surface area (Å²) in [6, 6.07) is 13.7. The quantitative estimate of drug-likeness (QED) is 0.306. The van der Waals surface area contributed by atoms with Crippen molar-refractivity contribution in [3.8, 4) is 11.4 Å². The molecule has 1 N–H and O–H groups in total. The summed E-state index contributed by atoms with van der Waals surface area (Å²) in [5.41, 5.74) is 1.60. The molecule has 0 saturated carbocycles. The Bertz CT molecular complexity index is 961. The van der Waals surface area contributed by atoms with Crippen LogP contribution in [0.2, 0.25) is 0 Å². The SMILES string of the molecule is O=[N+]([O-])c1ccc(C=Nn2c(-c3ccc(Br)cc3)n[nH]c2=S)cc1. The normalized spacial score (nSPS) is 11.0. The molecule has 0 bridgehead atoms. The van der Waals surface area contributed by atoms with Gasteiger partial charge in [-0.15, -0.1) is 0 Å². The standard InChI is InChI=1S/C15H10BrN5O2S/c16-12-5-3-11(4-6-12)14-18-19-15(24)20(14)17-9-10-1-7-13(8-2-10)21(22)23/h1-9H,(H,19,24). The number of hydrogen-bond donors (Lipinski definition) is 1. The molecule has 120 valence electrons. The smallest absolute Gasteiger partial charge is 0.258 e. The van der Waals surface area contributed by atoms with Crippen LogP contribution in [0.3, 0.4) is 0 Å². The molecule has 3 rings (SSSR count). The molecule has 0 aliphatic heterocycles. The molecular weight excluding hydrogens is 394 g/mol. The van der Waals surface area contributed by atoms with Gasteiger partial charge in [-0.05, 0) is 42.0 Å². The number of aromatic amines is 1. The molecule has 0 fully saturated rings. The summed E-state index contributed by atoms with van der Waals surface area (Å²) in [7, 11) is 0. The number of nitro groups is 1. The highest BCUT2D eigenvalue weighted by Gasteiger charge is 2.08. The van der Waals surface area contributed by atoms with E-state index in [1.807, 2.05) is 24.3 Å². The molecule has 1 heterocycles. The van der Waals surface area contributed by atoms with Gasteiger partial charge in [-0.25, -0.2) is 5.10 Å². The third kappa shape index (κ3) is 3.47. The van der Waals surface area contributed by atoms with Gasteiger partial charge in [-0.3, -0.25) is 10.1 Å². The van der Waals surface area contributed by atoms with Gasteiger partial charge in [0.25, 0.3) is 5.69 Å². The van der Waals surface area contributed by atoms with Gasteiger partial charge >= 0.3 is 0 Å². The van der Waals surface area contributed by atoms with E-state index >= 15 is 0 Å². The highest BCUT2D eigenvalue weighted by Crippen LogP contribution is 2.20. The Balaban J connectivity index is 1.92. The molecule has 0 amide bonds. The lowest BCUT2D eigenvalue weighted by Crippen LogP contribution is -1.95. The number of benzene rings is 2. The topological polar surface area (TPSA) is 89.1 Å². The Morgan fingerprint density at radius 1 is 1.21 bits per heavy atom. The van der Waals surface area contributed by atoms with Crippen molar-refractivity contribution in [2.75, 3.05) is 0 Å². The zero-order chi connectivity index (χ0) is 17.1. The molecule has 3 aromatic rings. The first-order valence-corrected chi connectivity index (χ1v) is 7.97. The minimum atomic E-state index is -0.446.